The lowest BCUT2D eigenvalue weighted by atomic mass is 10.1. The van der Waals surface area contributed by atoms with Crippen molar-refractivity contribution in [2.75, 3.05) is 13.1 Å². The Morgan fingerprint density at radius 3 is 2.48 bits per heavy atom. The average molecular weight is 345 g/mol. The number of amides is 1. The predicted octanol–water partition coefficient (Wildman–Crippen LogP) is 2.70. The third-order valence-corrected chi connectivity index (χ3v) is 4.03. The van der Waals surface area contributed by atoms with Crippen LogP contribution in [0.2, 0.25) is 0 Å². The molecular weight excluding hydrogens is 322 g/mol. The summed E-state index contributed by atoms with van der Waals surface area (Å²) in [6, 6.07) is 7.22. The first-order valence-corrected chi connectivity index (χ1v) is 8.45. The summed E-state index contributed by atoms with van der Waals surface area (Å²) in [7, 11) is 0. The average Bonchev–Trinajstić information content (AvgIpc) is 2.57. The normalized spacial score (nSPS) is 16.0. The maximum Gasteiger partial charge on any atom is 0.410 e. The molecule has 1 fully saturated rings. The molecule has 25 heavy (non-hydrogen) atoms. The van der Waals surface area contributed by atoms with Crippen molar-refractivity contribution in [1.29, 1.82) is 0 Å². The van der Waals surface area contributed by atoms with Gasteiger partial charge in [-0.3, -0.25) is 4.79 Å². The molecule has 2 aromatic rings. The minimum atomic E-state index is -0.497. The largest absolute Gasteiger partial charge is 0.473 e. The number of piperidine rings is 1. The van der Waals surface area contributed by atoms with Gasteiger partial charge in [-0.05, 0) is 32.9 Å². The highest BCUT2D eigenvalue weighted by Gasteiger charge is 2.28. The minimum Gasteiger partial charge on any atom is -0.473 e. The Kier molecular flexibility index (Phi) is 4.65. The Morgan fingerprint density at radius 1 is 1.20 bits per heavy atom. The van der Waals surface area contributed by atoms with E-state index < -0.39 is 5.60 Å². The predicted molar refractivity (Wildman–Crippen MR) is 93.8 cm³/mol. The van der Waals surface area contributed by atoms with Gasteiger partial charge in [0.25, 0.3) is 5.56 Å². The van der Waals surface area contributed by atoms with E-state index in [0.29, 0.717) is 42.6 Å². The summed E-state index contributed by atoms with van der Waals surface area (Å²) in [6.45, 7) is 6.71. The van der Waals surface area contributed by atoms with Crippen molar-refractivity contribution in [2.24, 2.45) is 0 Å². The smallest absolute Gasteiger partial charge is 0.410 e. The molecule has 3 rings (SSSR count). The number of rotatable bonds is 2. The lowest BCUT2D eigenvalue weighted by molar-refractivity contribution is 0.0123. The lowest BCUT2D eigenvalue weighted by Gasteiger charge is -2.33. The van der Waals surface area contributed by atoms with Gasteiger partial charge < -0.3 is 14.4 Å². The number of ether oxygens (including phenoxy) is 2. The van der Waals surface area contributed by atoms with Crippen LogP contribution in [0.15, 0.2) is 29.1 Å². The Balaban J connectivity index is 1.64. The highest BCUT2D eigenvalue weighted by atomic mass is 16.6. The molecule has 1 saturated heterocycles. The monoisotopic (exact) mass is 345 g/mol. The number of fused-ring (bicyclic) bond motifs is 1. The van der Waals surface area contributed by atoms with E-state index in [1.807, 2.05) is 32.9 Å². The molecule has 0 saturated carbocycles. The highest BCUT2D eigenvalue weighted by Crippen LogP contribution is 2.24. The summed E-state index contributed by atoms with van der Waals surface area (Å²) in [5.74, 6) is 0.422. The lowest BCUT2D eigenvalue weighted by Crippen LogP contribution is -2.44. The van der Waals surface area contributed by atoms with Crippen LogP contribution in [0.3, 0.4) is 0 Å². The van der Waals surface area contributed by atoms with Crippen molar-refractivity contribution in [3.8, 4) is 5.88 Å². The third kappa shape index (κ3) is 4.10. The molecule has 0 atom stereocenters. The number of nitrogens with one attached hydrogen (secondary N) is 1. The van der Waals surface area contributed by atoms with E-state index in [-0.39, 0.29) is 17.8 Å². The summed E-state index contributed by atoms with van der Waals surface area (Å²) in [5.41, 5.74) is -0.730. The fourth-order valence-electron chi connectivity index (χ4n) is 2.82. The van der Waals surface area contributed by atoms with Crippen LogP contribution in [0, 0.1) is 0 Å². The van der Waals surface area contributed by atoms with Crippen molar-refractivity contribution in [2.45, 2.75) is 45.3 Å². The second-order valence-corrected chi connectivity index (χ2v) is 7.19. The van der Waals surface area contributed by atoms with Crippen LogP contribution in [-0.4, -0.2) is 46.0 Å². The van der Waals surface area contributed by atoms with Gasteiger partial charge in [0.1, 0.15) is 11.7 Å². The molecule has 0 unspecified atom stereocenters. The topological polar surface area (TPSA) is 84.5 Å². The fourth-order valence-corrected chi connectivity index (χ4v) is 2.82. The number of H-pyrrole nitrogens is 1. The summed E-state index contributed by atoms with van der Waals surface area (Å²) in [5, 5.41) is 7.76. The molecule has 2 heterocycles. The van der Waals surface area contributed by atoms with Crippen molar-refractivity contribution in [1.82, 2.24) is 15.1 Å². The van der Waals surface area contributed by atoms with Crippen molar-refractivity contribution >= 4 is 16.9 Å². The number of hydrogen-bond acceptors (Lipinski definition) is 5. The van der Waals surface area contributed by atoms with E-state index in [1.54, 1.807) is 17.0 Å². The SMILES string of the molecule is CC(C)(C)OC(=O)N1CCC(Oc2n[nH]c(=O)c3ccccc23)CC1. The molecule has 7 heteroatoms. The van der Waals surface area contributed by atoms with E-state index in [4.69, 9.17) is 9.47 Å². The van der Waals surface area contributed by atoms with Crippen LogP contribution >= 0.6 is 0 Å². The van der Waals surface area contributed by atoms with Gasteiger partial charge in [-0.25, -0.2) is 9.89 Å². The summed E-state index contributed by atoms with van der Waals surface area (Å²) in [4.78, 5) is 25.6. The van der Waals surface area contributed by atoms with E-state index >= 15 is 0 Å². The third-order valence-electron chi connectivity index (χ3n) is 4.03. The maximum absolute atomic E-state index is 12.1. The number of likely N-dealkylation sites (tertiary alicyclic amines) is 1. The minimum absolute atomic E-state index is 0.0551. The Morgan fingerprint density at radius 2 is 1.84 bits per heavy atom. The second-order valence-electron chi connectivity index (χ2n) is 7.19. The molecule has 1 amide bonds. The molecule has 0 radical (unpaired) electrons. The quantitative estimate of drug-likeness (QED) is 0.904. The number of aromatic nitrogens is 2. The van der Waals surface area contributed by atoms with Crippen molar-refractivity contribution in [3.63, 3.8) is 0 Å². The van der Waals surface area contributed by atoms with Crippen LogP contribution in [0.5, 0.6) is 5.88 Å². The van der Waals surface area contributed by atoms with Crippen LogP contribution in [0.25, 0.3) is 10.8 Å². The fraction of sp³-hybridized carbons (Fsp3) is 0.500. The summed E-state index contributed by atoms with van der Waals surface area (Å²) >= 11 is 0. The molecule has 0 bridgehead atoms. The zero-order valence-electron chi connectivity index (χ0n) is 14.7. The van der Waals surface area contributed by atoms with Gasteiger partial charge in [0.2, 0.25) is 5.88 Å². The number of carbonyl (C=O) groups is 1. The number of carbonyl (C=O) groups excluding carboxylic acids is 1. The second kappa shape index (κ2) is 6.74. The van der Waals surface area contributed by atoms with Crippen LogP contribution in [-0.2, 0) is 4.74 Å². The van der Waals surface area contributed by atoms with Gasteiger partial charge in [0.05, 0.1) is 10.8 Å². The van der Waals surface area contributed by atoms with Gasteiger partial charge in [-0.1, -0.05) is 12.1 Å². The van der Waals surface area contributed by atoms with Crippen molar-refractivity contribution in [3.05, 3.63) is 34.6 Å². The standard InChI is InChI=1S/C18H23N3O4/c1-18(2,3)25-17(23)21-10-8-12(9-11-21)24-16-14-7-5-4-6-13(14)15(22)19-20-16/h4-7,12H,8-11H2,1-3H3,(H,19,22). The van der Waals surface area contributed by atoms with Crippen LogP contribution < -0.4 is 10.3 Å². The molecule has 0 aliphatic carbocycles. The molecule has 0 spiro atoms. The molecule has 134 valence electrons. The van der Waals surface area contributed by atoms with Gasteiger partial charge in [-0.15, -0.1) is 5.10 Å². The molecule has 7 nitrogen and oxygen atoms in total. The molecule has 1 N–H and O–H groups in total. The summed E-state index contributed by atoms with van der Waals surface area (Å²) < 4.78 is 11.4. The van der Waals surface area contributed by atoms with E-state index in [0.717, 1.165) is 0 Å². The number of benzene rings is 1. The zero-order valence-corrected chi connectivity index (χ0v) is 14.7. The highest BCUT2D eigenvalue weighted by molar-refractivity contribution is 5.85. The van der Waals surface area contributed by atoms with Gasteiger partial charge in [-0.2, -0.15) is 0 Å². The Hall–Kier alpha value is -2.57. The Bertz CT molecular complexity index is 817. The number of hydrogen-bond donors (Lipinski definition) is 1. The van der Waals surface area contributed by atoms with Gasteiger partial charge >= 0.3 is 6.09 Å². The molecule has 1 aliphatic heterocycles. The maximum atomic E-state index is 12.1. The van der Waals surface area contributed by atoms with Crippen LogP contribution in [0.1, 0.15) is 33.6 Å². The first-order chi connectivity index (χ1) is 11.8. The molecule has 1 aromatic carbocycles. The van der Waals surface area contributed by atoms with E-state index in [9.17, 15) is 9.59 Å². The van der Waals surface area contributed by atoms with Crippen molar-refractivity contribution < 1.29 is 14.3 Å². The molecular formula is C18H23N3O4. The molecule has 1 aromatic heterocycles. The van der Waals surface area contributed by atoms with E-state index in [1.165, 1.54) is 0 Å². The van der Waals surface area contributed by atoms with E-state index in [2.05, 4.69) is 10.2 Å². The summed E-state index contributed by atoms with van der Waals surface area (Å²) in [6.07, 6.45) is 1.03. The van der Waals surface area contributed by atoms with Gasteiger partial charge in [0.15, 0.2) is 0 Å². The first-order valence-electron chi connectivity index (χ1n) is 8.45. The number of nitrogens with zero attached hydrogens (tertiary/aromatic N) is 2. The first kappa shape index (κ1) is 17.3. The Labute approximate surface area is 145 Å². The van der Waals surface area contributed by atoms with Gasteiger partial charge in [0, 0.05) is 25.9 Å². The molecule has 1 aliphatic rings. The van der Waals surface area contributed by atoms with Crippen LogP contribution in [0.4, 0.5) is 4.79 Å². The number of aromatic amines is 1. The zero-order chi connectivity index (χ0) is 18.0.